The number of hydrogen-bond donors (Lipinski definition) is 1. The van der Waals surface area contributed by atoms with Crippen LogP contribution in [0.1, 0.15) is 16.7 Å². The maximum atomic E-state index is 12.6. The molecule has 3 aromatic carbocycles. The highest BCUT2D eigenvalue weighted by Gasteiger charge is 2.14. The Hall–Kier alpha value is -2.59. The molecular weight excluding hydrogens is 544 g/mol. The van der Waals surface area contributed by atoms with E-state index in [-0.39, 0.29) is 5.57 Å². The van der Waals surface area contributed by atoms with E-state index in [1.165, 1.54) is 11.6 Å². The predicted octanol–water partition coefficient (Wildman–Crippen LogP) is 7.30. The normalized spacial score (nSPS) is 11.0. The number of nitriles is 1. The average molecular weight is 561 g/mol. The number of hydrogen-bond acceptors (Lipinski definition) is 3. The van der Waals surface area contributed by atoms with Crippen LogP contribution in [0.25, 0.3) is 6.08 Å². The monoisotopic (exact) mass is 558 g/mol. The second-order valence-corrected chi connectivity index (χ2v) is 8.92. The van der Waals surface area contributed by atoms with E-state index in [4.69, 9.17) is 16.3 Å². The van der Waals surface area contributed by atoms with Crippen LogP contribution in [0.2, 0.25) is 5.02 Å². The van der Waals surface area contributed by atoms with Gasteiger partial charge >= 0.3 is 0 Å². The average Bonchev–Trinajstić information content (AvgIpc) is 2.72. The molecule has 0 aliphatic rings. The zero-order valence-electron chi connectivity index (χ0n) is 16.5. The molecule has 0 heterocycles. The van der Waals surface area contributed by atoms with Crippen molar-refractivity contribution < 1.29 is 9.53 Å². The number of amides is 1. The number of carbonyl (C=O) groups excluding carboxylic acids is 1. The summed E-state index contributed by atoms with van der Waals surface area (Å²) in [5.41, 5.74) is 3.21. The van der Waals surface area contributed by atoms with Gasteiger partial charge < -0.3 is 10.1 Å². The summed E-state index contributed by atoms with van der Waals surface area (Å²) in [6.07, 6.45) is 1.50. The van der Waals surface area contributed by atoms with Crippen molar-refractivity contribution in [3.05, 3.63) is 96.9 Å². The molecule has 0 aliphatic carbocycles. The minimum absolute atomic E-state index is 0.0647. The second kappa shape index (κ2) is 10.6. The summed E-state index contributed by atoms with van der Waals surface area (Å²) in [5.74, 6) is -0.00238. The minimum atomic E-state index is -0.537. The summed E-state index contributed by atoms with van der Waals surface area (Å²) in [7, 11) is 0. The molecule has 0 saturated carbocycles. The number of nitrogens with zero attached hydrogens (tertiary/aromatic N) is 1. The fourth-order valence-corrected chi connectivity index (χ4v) is 4.31. The van der Waals surface area contributed by atoms with Crippen LogP contribution in [0, 0.1) is 18.3 Å². The molecule has 0 aromatic heterocycles. The van der Waals surface area contributed by atoms with E-state index in [1.807, 2.05) is 43.3 Å². The smallest absolute Gasteiger partial charge is 0.266 e. The topological polar surface area (TPSA) is 62.1 Å². The van der Waals surface area contributed by atoms with Crippen molar-refractivity contribution >= 4 is 61.1 Å². The Morgan fingerprint density at radius 1 is 1.16 bits per heavy atom. The lowest BCUT2D eigenvalue weighted by Gasteiger charge is -2.13. The van der Waals surface area contributed by atoms with E-state index >= 15 is 0 Å². The van der Waals surface area contributed by atoms with E-state index in [9.17, 15) is 10.1 Å². The molecule has 3 aromatic rings. The standard InChI is InChI=1S/C24H17Br2ClN2O2/c1-15-5-7-16(8-6-15)14-31-23-17(10-19(25)11-22(23)26)9-18(13-28)24(30)29-21-4-2-3-20(27)12-21/h2-12H,14H2,1H3,(H,29,30)/b18-9+. The van der Waals surface area contributed by atoms with Crippen molar-refractivity contribution in [2.24, 2.45) is 0 Å². The minimum Gasteiger partial charge on any atom is -0.487 e. The van der Waals surface area contributed by atoms with E-state index < -0.39 is 5.91 Å². The quantitative estimate of drug-likeness (QED) is 0.254. The molecular formula is C24H17Br2ClN2O2. The summed E-state index contributed by atoms with van der Waals surface area (Å²) in [5, 5.41) is 12.8. The molecule has 4 nitrogen and oxygen atoms in total. The third-order valence-electron chi connectivity index (χ3n) is 4.29. The fourth-order valence-electron chi connectivity index (χ4n) is 2.75. The largest absolute Gasteiger partial charge is 0.487 e. The number of halogens is 3. The second-order valence-electron chi connectivity index (χ2n) is 6.71. The van der Waals surface area contributed by atoms with Crippen LogP contribution >= 0.6 is 43.5 Å². The van der Waals surface area contributed by atoms with Crippen LogP contribution in [0.5, 0.6) is 5.75 Å². The lowest BCUT2D eigenvalue weighted by molar-refractivity contribution is -0.112. The molecule has 0 spiro atoms. The lowest BCUT2D eigenvalue weighted by Crippen LogP contribution is -2.13. The molecule has 0 fully saturated rings. The molecule has 3 rings (SSSR count). The first-order chi connectivity index (χ1) is 14.9. The molecule has 0 unspecified atom stereocenters. The maximum absolute atomic E-state index is 12.6. The van der Waals surface area contributed by atoms with Crippen molar-refractivity contribution in [2.75, 3.05) is 5.32 Å². The zero-order valence-corrected chi connectivity index (χ0v) is 20.4. The van der Waals surface area contributed by atoms with E-state index in [2.05, 4.69) is 37.2 Å². The van der Waals surface area contributed by atoms with Crippen LogP contribution in [-0.2, 0) is 11.4 Å². The van der Waals surface area contributed by atoms with Crippen molar-refractivity contribution in [2.45, 2.75) is 13.5 Å². The van der Waals surface area contributed by atoms with Gasteiger partial charge in [0.05, 0.1) is 4.47 Å². The first kappa shape index (κ1) is 23.1. The van der Waals surface area contributed by atoms with Gasteiger partial charge in [-0.2, -0.15) is 5.26 Å². The van der Waals surface area contributed by atoms with Crippen LogP contribution in [0.4, 0.5) is 5.69 Å². The van der Waals surface area contributed by atoms with Crippen LogP contribution in [0.15, 0.2) is 75.2 Å². The number of aryl methyl sites for hydroxylation is 1. The highest BCUT2D eigenvalue weighted by atomic mass is 79.9. The summed E-state index contributed by atoms with van der Waals surface area (Å²) in [6, 6.07) is 20.4. The van der Waals surface area contributed by atoms with Crippen molar-refractivity contribution in [1.29, 1.82) is 5.26 Å². The number of ether oxygens (including phenoxy) is 1. The van der Waals surface area contributed by atoms with Crippen LogP contribution < -0.4 is 10.1 Å². The molecule has 156 valence electrons. The number of benzene rings is 3. The van der Waals surface area contributed by atoms with Gasteiger partial charge in [0.25, 0.3) is 5.91 Å². The molecule has 1 amide bonds. The molecule has 0 atom stereocenters. The Morgan fingerprint density at radius 3 is 2.58 bits per heavy atom. The van der Waals surface area contributed by atoms with Gasteiger partial charge in [0.2, 0.25) is 0 Å². The number of rotatable bonds is 6. The van der Waals surface area contributed by atoms with Gasteiger partial charge in [-0.3, -0.25) is 4.79 Å². The van der Waals surface area contributed by atoms with E-state index in [0.29, 0.717) is 33.1 Å². The Balaban J connectivity index is 1.88. The zero-order chi connectivity index (χ0) is 22.4. The SMILES string of the molecule is Cc1ccc(COc2c(Br)cc(Br)cc2/C=C(\C#N)C(=O)Nc2cccc(Cl)c2)cc1. The summed E-state index contributed by atoms with van der Waals surface area (Å²) < 4.78 is 7.52. The van der Waals surface area contributed by atoms with E-state index in [0.717, 1.165) is 10.0 Å². The third kappa shape index (κ3) is 6.44. The predicted molar refractivity (Wildman–Crippen MR) is 131 cm³/mol. The summed E-state index contributed by atoms with van der Waals surface area (Å²) in [6.45, 7) is 2.37. The molecule has 7 heteroatoms. The van der Waals surface area contributed by atoms with Crippen molar-refractivity contribution in [3.8, 4) is 11.8 Å². The van der Waals surface area contributed by atoms with Gasteiger partial charge in [0.1, 0.15) is 24.0 Å². The highest BCUT2D eigenvalue weighted by Crippen LogP contribution is 2.35. The van der Waals surface area contributed by atoms with Gasteiger partial charge in [-0.05, 0) is 64.8 Å². The van der Waals surface area contributed by atoms with Crippen LogP contribution in [-0.4, -0.2) is 5.91 Å². The first-order valence-electron chi connectivity index (χ1n) is 9.22. The first-order valence-corrected chi connectivity index (χ1v) is 11.2. The fraction of sp³-hybridized carbons (Fsp3) is 0.0833. The van der Waals surface area contributed by atoms with Gasteiger partial charge in [0, 0.05) is 20.7 Å². The number of carbonyl (C=O) groups is 1. The molecule has 0 aliphatic heterocycles. The summed E-state index contributed by atoms with van der Waals surface area (Å²) in [4.78, 5) is 12.6. The van der Waals surface area contributed by atoms with E-state index in [1.54, 1.807) is 30.3 Å². The van der Waals surface area contributed by atoms with Gasteiger partial charge in [-0.25, -0.2) is 0 Å². The van der Waals surface area contributed by atoms with Crippen LogP contribution in [0.3, 0.4) is 0 Å². The lowest BCUT2D eigenvalue weighted by atomic mass is 10.1. The molecule has 1 N–H and O–H groups in total. The summed E-state index contributed by atoms with van der Waals surface area (Å²) >= 11 is 12.9. The molecule has 0 saturated heterocycles. The Morgan fingerprint density at radius 2 is 1.90 bits per heavy atom. The van der Waals surface area contributed by atoms with Gasteiger partial charge in [0.15, 0.2) is 0 Å². The molecule has 0 bridgehead atoms. The number of anilines is 1. The Bertz CT molecular complexity index is 1190. The molecule has 31 heavy (non-hydrogen) atoms. The third-order valence-corrected chi connectivity index (χ3v) is 5.57. The van der Waals surface area contributed by atoms with Crippen molar-refractivity contribution in [1.82, 2.24) is 0 Å². The van der Waals surface area contributed by atoms with Crippen molar-refractivity contribution in [3.63, 3.8) is 0 Å². The molecule has 0 radical (unpaired) electrons. The number of nitrogens with one attached hydrogen (secondary N) is 1. The maximum Gasteiger partial charge on any atom is 0.266 e. The van der Waals surface area contributed by atoms with Gasteiger partial charge in [-0.15, -0.1) is 0 Å². The Labute approximate surface area is 202 Å². The highest BCUT2D eigenvalue weighted by molar-refractivity contribution is 9.11. The van der Waals surface area contributed by atoms with Gasteiger partial charge in [-0.1, -0.05) is 63.4 Å². The Kier molecular flexibility index (Phi) is 7.91.